The SMILES string of the molecule is COc1ccc2c(C#N)c(-c3ccccc3)n(C3CCC3)c2c1. The second-order valence-corrected chi connectivity index (χ2v) is 6.04. The van der Waals surface area contributed by atoms with Crippen LogP contribution in [0.4, 0.5) is 0 Å². The molecule has 3 heteroatoms. The maximum Gasteiger partial charge on any atom is 0.120 e. The van der Waals surface area contributed by atoms with Gasteiger partial charge in [0.15, 0.2) is 0 Å². The van der Waals surface area contributed by atoms with E-state index in [4.69, 9.17) is 4.74 Å². The number of aromatic nitrogens is 1. The van der Waals surface area contributed by atoms with Crippen LogP contribution in [0.25, 0.3) is 22.2 Å². The molecule has 1 heterocycles. The molecule has 3 nitrogen and oxygen atoms in total. The molecule has 0 aliphatic heterocycles. The molecule has 1 fully saturated rings. The lowest BCUT2D eigenvalue weighted by Gasteiger charge is -2.30. The smallest absolute Gasteiger partial charge is 0.120 e. The third-order valence-corrected chi connectivity index (χ3v) is 4.81. The summed E-state index contributed by atoms with van der Waals surface area (Å²) < 4.78 is 7.76. The number of methoxy groups -OCH3 is 1. The number of ether oxygens (including phenoxy) is 1. The second kappa shape index (κ2) is 5.48. The molecule has 0 unspecified atom stereocenters. The molecule has 1 aliphatic rings. The fraction of sp³-hybridized carbons (Fsp3) is 0.250. The lowest BCUT2D eigenvalue weighted by atomic mass is 9.92. The summed E-state index contributed by atoms with van der Waals surface area (Å²) in [7, 11) is 1.68. The summed E-state index contributed by atoms with van der Waals surface area (Å²) in [6.07, 6.45) is 3.60. The van der Waals surface area contributed by atoms with E-state index in [1.807, 2.05) is 30.3 Å². The number of hydrogen-bond donors (Lipinski definition) is 0. The molecule has 114 valence electrons. The molecule has 0 N–H and O–H groups in total. The Bertz CT molecular complexity index is 899. The van der Waals surface area contributed by atoms with Crippen molar-refractivity contribution in [2.75, 3.05) is 7.11 Å². The Kier molecular flexibility index (Phi) is 3.31. The van der Waals surface area contributed by atoms with Crippen LogP contribution in [-0.4, -0.2) is 11.7 Å². The molecule has 0 atom stereocenters. The van der Waals surface area contributed by atoms with E-state index in [-0.39, 0.29) is 0 Å². The van der Waals surface area contributed by atoms with Gasteiger partial charge in [0.05, 0.1) is 23.9 Å². The Balaban J connectivity index is 2.08. The van der Waals surface area contributed by atoms with Crippen LogP contribution >= 0.6 is 0 Å². The standard InChI is InChI=1S/C20H18N2O/c1-23-16-10-11-17-18(13-21)20(14-6-3-2-4-7-14)22(19(17)12-16)15-8-5-9-15/h2-4,6-7,10-12,15H,5,8-9H2,1H3. The van der Waals surface area contributed by atoms with Gasteiger partial charge in [0.1, 0.15) is 11.8 Å². The molecule has 1 aliphatic carbocycles. The summed E-state index contributed by atoms with van der Waals surface area (Å²) >= 11 is 0. The predicted molar refractivity (Wildman–Crippen MR) is 91.5 cm³/mol. The van der Waals surface area contributed by atoms with Gasteiger partial charge in [-0.2, -0.15) is 5.26 Å². The molecule has 0 amide bonds. The molecular formula is C20H18N2O. The molecule has 23 heavy (non-hydrogen) atoms. The van der Waals surface area contributed by atoms with Crippen LogP contribution in [0.3, 0.4) is 0 Å². The van der Waals surface area contributed by atoms with Crippen LogP contribution in [0.5, 0.6) is 5.75 Å². The minimum Gasteiger partial charge on any atom is -0.497 e. The van der Waals surface area contributed by atoms with Gasteiger partial charge in [0.25, 0.3) is 0 Å². The Labute approximate surface area is 135 Å². The highest BCUT2D eigenvalue weighted by Gasteiger charge is 2.27. The summed E-state index contributed by atoms with van der Waals surface area (Å²) in [6, 6.07) is 19.1. The molecule has 0 spiro atoms. The van der Waals surface area contributed by atoms with Gasteiger partial charge in [-0.3, -0.25) is 0 Å². The molecule has 0 bridgehead atoms. The summed E-state index contributed by atoms with van der Waals surface area (Å²) in [5, 5.41) is 10.8. The van der Waals surface area contributed by atoms with Crippen molar-refractivity contribution < 1.29 is 4.74 Å². The highest BCUT2D eigenvalue weighted by Crippen LogP contribution is 2.43. The maximum atomic E-state index is 9.80. The fourth-order valence-electron chi connectivity index (χ4n) is 3.43. The van der Waals surface area contributed by atoms with E-state index in [1.165, 1.54) is 19.3 Å². The number of benzene rings is 2. The van der Waals surface area contributed by atoms with Crippen LogP contribution in [0.1, 0.15) is 30.9 Å². The molecule has 0 radical (unpaired) electrons. The molecule has 2 aromatic carbocycles. The first-order valence-corrected chi connectivity index (χ1v) is 8.01. The van der Waals surface area contributed by atoms with Gasteiger partial charge in [0.2, 0.25) is 0 Å². The van der Waals surface area contributed by atoms with Crippen molar-refractivity contribution in [1.29, 1.82) is 5.26 Å². The van der Waals surface area contributed by atoms with E-state index >= 15 is 0 Å². The Morgan fingerprint density at radius 1 is 1.13 bits per heavy atom. The third kappa shape index (κ3) is 2.10. The van der Waals surface area contributed by atoms with E-state index in [1.54, 1.807) is 7.11 Å². The minimum atomic E-state index is 0.474. The summed E-state index contributed by atoms with van der Waals surface area (Å²) in [5.41, 5.74) is 4.01. The zero-order valence-corrected chi connectivity index (χ0v) is 13.1. The van der Waals surface area contributed by atoms with Crippen molar-refractivity contribution in [2.45, 2.75) is 25.3 Å². The zero-order valence-electron chi connectivity index (χ0n) is 13.1. The number of rotatable bonds is 3. The van der Waals surface area contributed by atoms with E-state index in [9.17, 15) is 5.26 Å². The molecular weight excluding hydrogens is 284 g/mol. The number of fused-ring (bicyclic) bond motifs is 1. The average molecular weight is 302 g/mol. The molecule has 0 saturated heterocycles. The molecule has 1 saturated carbocycles. The fourth-order valence-corrected chi connectivity index (χ4v) is 3.43. The minimum absolute atomic E-state index is 0.474. The molecule has 4 rings (SSSR count). The summed E-state index contributed by atoms with van der Waals surface area (Å²) in [6.45, 7) is 0. The van der Waals surface area contributed by atoms with Crippen molar-refractivity contribution in [3.05, 3.63) is 54.1 Å². The van der Waals surface area contributed by atoms with E-state index < -0.39 is 0 Å². The number of hydrogen-bond acceptors (Lipinski definition) is 2. The van der Waals surface area contributed by atoms with Gasteiger partial charge < -0.3 is 9.30 Å². The van der Waals surface area contributed by atoms with Crippen LogP contribution in [-0.2, 0) is 0 Å². The van der Waals surface area contributed by atoms with Gasteiger partial charge in [0, 0.05) is 17.5 Å². The van der Waals surface area contributed by atoms with Crippen molar-refractivity contribution in [1.82, 2.24) is 4.57 Å². The zero-order chi connectivity index (χ0) is 15.8. The summed E-state index contributed by atoms with van der Waals surface area (Å²) in [4.78, 5) is 0. The number of nitrogens with zero attached hydrogens (tertiary/aromatic N) is 2. The van der Waals surface area contributed by atoms with Crippen LogP contribution in [0, 0.1) is 11.3 Å². The van der Waals surface area contributed by atoms with E-state index in [2.05, 4.69) is 28.8 Å². The quantitative estimate of drug-likeness (QED) is 0.689. The van der Waals surface area contributed by atoms with Crippen molar-refractivity contribution in [3.63, 3.8) is 0 Å². The van der Waals surface area contributed by atoms with Gasteiger partial charge in [-0.05, 0) is 37.0 Å². The van der Waals surface area contributed by atoms with Gasteiger partial charge in [-0.25, -0.2) is 0 Å². The van der Waals surface area contributed by atoms with E-state index in [0.717, 1.165) is 33.5 Å². The summed E-state index contributed by atoms with van der Waals surface area (Å²) in [5.74, 6) is 0.833. The normalized spacial score (nSPS) is 14.4. The molecule has 1 aromatic heterocycles. The topological polar surface area (TPSA) is 37.9 Å². The van der Waals surface area contributed by atoms with Gasteiger partial charge in [-0.15, -0.1) is 0 Å². The lowest BCUT2D eigenvalue weighted by Crippen LogP contribution is -2.17. The van der Waals surface area contributed by atoms with Gasteiger partial charge in [-0.1, -0.05) is 30.3 Å². The highest BCUT2D eigenvalue weighted by atomic mass is 16.5. The first-order valence-electron chi connectivity index (χ1n) is 8.01. The van der Waals surface area contributed by atoms with Crippen LogP contribution in [0.2, 0.25) is 0 Å². The molecule has 3 aromatic rings. The predicted octanol–water partition coefficient (Wildman–Crippen LogP) is 4.91. The highest BCUT2D eigenvalue weighted by molar-refractivity contribution is 5.95. The van der Waals surface area contributed by atoms with E-state index in [0.29, 0.717) is 6.04 Å². The monoisotopic (exact) mass is 302 g/mol. The Morgan fingerprint density at radius 3 is 2.52 bits per heavy atom. The van der Waals surface area contributed by atoms with Crippen molar-refractivity contribution in [2.24, 2.45) is 0 Å². The largest absolute Gasteiger partial charge is 0.497 e. The Morgan fingerprint density at radius 2 is 1.91 bits per heavy atom. The van der Waals surface area contributed by atoms with Crippen molar-refractivity contribution >= 4 is 10.9 Å². The first kappa shape index (κ1) is 13.9. The van der Waals surface area contributed by atoms with Gasteiger partial charge >= 0.3 is 0 Å². The first-order chi connectivity index (χ1) is 11.3. The Hall–Kier alpha value is -2.73. The lowest BCUT2D eigenvalue weighted by molar-refractivity contribution is 0.324. The second-order valence-electron chi connectivity index (χ2n) is 6.04. The maximum absolute atomic E-state index is 9.80. The van der Waals surface area contributed by atoms with Crippen molar-refractivity contribution in [3.8, 4) is 23.1 Å². The van der Waals surface area contributed by atoms with Crippen LogP contribution < -0.4 is 4.74 Å². The average Bonchev–Trinajstić information content (AvgIpc) is 2.87. The third-order valence-electron chi connectivity index (χ3n) is 4.81. The number of nitriles is 1. The van der Waals surface area contributed by atoms with Crippen LogP contribution in [0.15, 0.2) is 48.5 Å².